The lowest BCUT2D eigenvalue weighted by molar-refractivity contribution is -0.188. The molecule has 0 bridgehead atoms. The largest absolute Gasteiger partial charge is 0.444 e. The summed E-state index contributed by atoms with van der Waals surface area (Å²) in [6.07, 6.45) is -0.280. The van der Waals surface area contributed by atoms with Gasteiger partial charge in [-0.1, -0.05) is 0 Å². The number of halogens is 3. The van der Waals surface area contributed by atoms with Crippen molar-refractivity contribution in [2.75, 3.05) is 6.61 Å². The summed E-state index contributed by atoms with van der Waals surface area (Å²) in [5.74, 6) is 0. The Hall–Kier alpha value is -1.02. The van der Waals surface area contributed by atoms with Crippen molar-refractivity contribution in [1.29, 1.82) is 0 Å². The molecule has 8 heteroatoms. The van der Waals surface area contributed by atoms with Gasteiger partial charge in [0.1, 0.15) is 12.2 Å². The van der Waals surface area contributed by atoms with E-state index < -0.39 is 24.5 Å². The Morgan fingerprint density at radius 3 is 2.32 bits per heavy atom. The van der Waals surface area contributed by atoms with E-state index in [0.717, 1.165) is 25.7 Å². The Bertz CT molecular complexity index is 445. The molecule has 0 aromatic rings. The number of rotatable bonds is 5. The zero-order valence-electron chi connectivity index (χ0n) is 15.1. The SMILES string of the molecule is CC(C)(C)OC(=O)NC1CC(NC2CCCC(OCC(F)(F)F)C2)C1. The molecule has 2 fully saturated rings. The van der Waals surface area contributed by atoms with Crippen LogP contribution in [0, 0.1) is 0 Å². The third kappa shape index (κ3) is 7.81. The number of hydrogen-bond donors (Lipinski definition) is 2. The van der Waals surface area contributed by atoms with E-state index in [4.69, 9.17) is 9.47 Å². The highest BCUT2D eigenvalue weighted by Crippen LogP contribution is 2.27. The number of nitrogens with one attached hydrogen (secondary N) is 2. The van der Waals surface area contributed by atoms with Crippen LogP contribution < -0.4 is 10.6 Å². The van der Waals surface area contributed by atoms with Crippen LogP contribution in [0.25, 0.3) is 0 Å². The maximum absolute atomic E-state index is 12.2. The summed E-state index contributed by atoms with van der Waals surface area (Å²) < 4.78 is 47.0. The van der Waals surface area contributed by atoms with Crippen molar-refractivity contribution in [2.24, 2.45) is 0 Å². The van der Waals surface area contributed by atoms with Gasteiger partial charge in [-0.3, -0.25) is 0 Å². The van der Waals surface area contributed by atoms with Crippen LogP contribution in [0.15, 0.2) is 0 Å². The fourth-order valence-corrected chi connectivity index (χ4v) is 3.34. The molecule has 0 saturated heterocycles. The second kappa shape index (κ2) is 8.12. The van der Waals surface area contributed by atoms with Crippen LogP contribution in [0.5, 0.6) is 0 Å². The van der Waals surface area contributed by atoms with Crippen molar-refractivity contribution in [3.05, 3.63) is 0 Å². The van der Waals surface area contributed by atoms with Gasteiger partial charge in [0, 0.05) is 18.1 Å². The monoisotopic (exact) mass is 366 g/mol. The molecule has 2 saturated carbocycles. The molecule has 2 atom stereocenters. The molecule has 0 radical (unpaired) electrons. The van der Waals surface area contributed by atoms with Gasteiger partial charge in [0.25, 0.3) is 0 Å². The first-order valence-corrected chi connectivity index (χ1v) is 8.94. The summed E-state index contributed by atoms with van der Waals surface area (Å²) in [6.45, 7) is 4.28. The average Bonchev–Trinajstić information content (AvgIpc) is 2.40. The average molecular weight is 366 g/mol. The predicted octanol–water partition coefficient (Wildman–Crippen LogP) is 3.52. The van der Waals surface area contributed by atoms with E-state index in [1.807, 2.05) is 20.8 Å². The first-order valence-electron chi connectivity index (χ1n) is 8.94. The standard InChI is InChI=1S/C17H29F3N2O3/c1-16(2,3)25-15(23)22-13-7-12(8-13)21-11-5-4-6-14(9-11)24-10-17(18,19)20/h11-14,21H,4-10H2,1-3H3,(H,22,23). The van der Waals surface area contributed by atoms with Gasteiger partial charge in [0.05, 0.1) is 6.10 Å². The van der Waals surface area contributed by atoms with Crippen LogP contribution >= 0.6 is 0 Å². The Labute approximate surface area is 147 Å². The lowest BCUT2D eigenvalue weighted by Crippen LogP contribution is -2.56. The maximum atomic E-state index is 12.2. The minimum atomic E-state index is -4.27. The molecule has 1 amide bonds. The summed E-state index contributed by atoms with van der Waals surface area (Å²) in [4.78, 5) is 11.7. The summed E-state index contributed by atoms with van der Waals surface area (Å²) in [7, 11) is 0. The lowest BCUT2D eigenvalue weighted by atomic mass is 9.84. The number of carbonyl (C=O) groups excluding carboxylic acids is 1. The van der Waals surface area contributed by atoms with E-state index in [1.54, 1.807) is 0 Å². The number of carbonyl (C=O) groups is 1. The van der Waals surface area contributed by atoms with Crippen molar-refractivity contribution in [2.45, 2.75) is 95.3 Å². The van der Waals surface area contributed by atoms with Crippen LogP contribution in [-0.4, -0.2) is 48.7 Å². The quantitative estimate of drug-likeness (QED) is 0.782. The summed E-state index contributed by atoms with van der Waals surface area (Å²) in [5.41, 5.74) is -0.515. The topological polar surface area (TPSA) is 59.6 Å². The molecule has 2 aliphatic rings. The lowest BCUT2D eigenvalue weighted by Gasteiger charge is -2.40. The number of alkyl halides is 3. The molecule has 0 spiro atoms. The van der Waals surface area contributed by atoms with Gasteiger partial charge in [-0.2, -0.15) is 13.2 Å². The predicted molar refractivity (Wildman–Crippen MR) is 87.4 cm³/mol. The molecule has 0 aliphatic heterocycles. The van der Waals surface area contributed by atoms with Crippen molar-refractivity contribution >= 4 is 6.09 Å². The van der Waals surface area contributed by atoms with E-state index >= 15 is 0 Å². The molecule has 2 N–H and O–H groups in total. The van der Waals surface area contributed by atoms with E-state index in [0.29, 0.717) is 12.8 Å². The molecule has 0 aromatic carbocycles. The molecule has 146 valence electrons. The number of hydrogen-bond acceptors (Lipinski definition) is 4. The van der Waals surface area contributed by atoms with E-state index in [9.17, 15) is 18.0 Å². The van der Waals surface area contributed by atoms with Gasteiger partial charge in [-0.05, 0) is 59.3 Å². The zero-order chi connectivity index (χ0) is 18.7. The summed E-state index contributed by atoms with van der Waals surface area (Å²) >= 11 is 0. The maximum Gasteiger partial charge on any atom is 0.411 e. The van der Waals surface area contributed by atoms with E-state index in [2.05, 4.69) is 10.6 Å². The Morgan fingerprint density at radius 2 is 1.72 bits per heavy atom. The second-order valence-electron chi connectivity index (χ2n) is 8.09. The zero-order valence-corrected chi connectivity index (χ0v) is 15.1. The Morgan fingerprint density at radius 1 is 1.04 bits per heavy atom. The highest BCUT2D eigenvalue weighted by atomic mass is 19.4. The van der Waals surface area contributed by atoms with Gasteiger partial charge >= 0.3 is 12.3 Å². The van der Waals surface area contributed by atoms with Crippen molar-refractivity contribution < 1.29 is 27.4 Å². The van der Waals surface area contributed by atoms with Gasteiger partial charge in [0.2, 0.25) is 0 Å². The highest BCUT2D eigenvalue weighted by Gasteiger charge is 2.35. The van der Waals surface area contributed by atoms with Crippen LogP contribution in [0.3, 0.4) is 0 Å². The van der Waals surface area contributed by atoms with Crippen molar-refractivity contribution in [3.63, 3.8) is 0 Å². The fraction of sp³-hybridized carbons (Fsp3) is 0.941. The van der Waals surface area contributed by atoms with Crippen molar-refractivity contribution in [1.82, 2.24) is 10.6 Å². The molecule has 5 nitrogen and oxygen atoms in total. The molecule has 25 heavy (non-hydrogen) atoms. The first kappa shape index (κ1) is 20.3. The number of ether oxygens (including phenoxy) is 2. The van der Waals surface area contributed by atoms with E-state index in [1.165, 1.54) is 0 Å². The molecule has 2 unspecified atom stereocenters. The minimum Gasteiger partial charge on any atom is -0.444 e. The minimum absolute atomic E-state index is 0.0909. The first-order chi connectivity index (χ1) is 11.5. The number of alkyl carbamates (subject to hydrolysis) is 1. The smallest absolute Gasteiger partial charge is 0.411 e. The van der Waals surface area contributed by atoms with Gasteiger partial charge in [-0.25, -0.2) is 4.79 Å². The summed E-state index contributed by atoms with van der Waals surface area (Å²) in [5, 5.41) is 6.32. The van der Waals surface area contributed by atoms with Crippen LogP contribution in [0.4, 0.5) is 18.0 Å². The van der Waals surface area contributed by atoms with E-state index in [-0.39, 0.29) is 24.2 Å². The summed E-state index contributed by atoms with van der Waals surface area (Å²) in [6, 6.07) is 0.555. The van der Waals surface area contributed by atoms with Crippen molar-refractivity contribution in [3.8, 4) is 0 Å². The Balaban J connectivity index is 1.63. The molecule has 0 heterocycles. The second-order valence-corrected chi connectivity index (χ2v) is 8.09. The normalized spacial score (nSPS) is 30.5. The number of amides is 1. The molecular formula is C17H29F3N2O3. The van der Waals surface area contributed by atoms with Crippen LogP contribution in [-0.2, 0) is 9.47 Å². The van der Waals surface area contributed by atoms with Crippen LogP contribution in [0.2, 0.25) is 0 Å². The molecular weight excluding hydrogens is 337 g/mol. The van der Waals surface area contributed by atoms with Gasteiger partial charge in [-0.15, -0.1) is 0 Å². The van der Waals surface area contributed by atoms with Crippen LogP contribution in [0.1, 0.15) is 59.3 Å². The third-order valence-corrected chi connectivity index (χ3v) is 4.44. The van der Waals surface area contributed by atoms with Gasteiger partial charge < -0.3 is 20.1 Å². The Kier molecular flexibility index (Phi) is 6.59. The molecule has 2 rings (SSSR count). The highest BCUT2D eigenvalue weighted by molar-refractivity contribution is 5.68. The molecule has 0 aromatic heterocycles. The third-order valence-electron chi connectivity index (χ3n) is 4.44. The molecule has 2 aliphatic carbocycles. The fourth-order valence-electron chi connectivity index (χ4n) is 3.34. The van der Waals surface area contributed by atoms with Gasteiger partial charge in [0.15, 0.2) is 0 Å².